The minimum absolute atomic E-state index is 0.153. The molecule has 2 aliphatic carbocycles. The molecule has 1 aromatic carbocycles. The van der Waals surface area contributed by atoms with E-state index in [4.69, 9.17) is 0 Å². The average molecular weight is 411 g/mol. The van der Waals surface area contributed by atoms with Crippen molar-refractivity contribution < 1.29 is 4.79 Å². The van der Waals surface area contributed by atoms with Gasteiger partial charge in [0.15, 0.2) is 5.78 Å². The highest BCUT2D eigenvalue weighted by molar-refractivity contribution is 6.00. The van der Waals surface area contributed by atoms with E-state index in [0.29, 0.717) is 0 Å². The maximum atomic E-state index is 12.4. The second-order valence-electron chi connectivity index (χ2n) is 8.55. The summed E-state index contributed by atoms with van der Waals surface area (Å²) in [7, 11) is 0. The Bertz CT molecular complexity index is 1070. The molecule has 1 heteroatoms. The second-order valence-corrected chi connectivity index (χ2v) is 8.55. The first kappa shape index (κ1) is 24.2. The molecule has 0 N–H and O–H groups in total. The Morgan fingerprint density at radius 2 is 1.32 bits per heavy atom. The summed E-state index contributed by atoms with van der Waals surface area (Å²) in [5.41, 5.74) is 18.5. The summed E-state index contributed by atoms with van der Waals surface area (Å²) in [6.45, 7) is 12.0. The SMILES string of the molecule is CC.CCCCCC1=C=C=C(C2=C=C=C(c3ccc(C(=O)C(C)(C)C)cc3)C=C2)C=C1. The molecule has 0 bridgehead atoms. The van der Waals surface area contributed by atoms with Crippen LogP contribution in [0.3, 0.4) is 0 Å². The molecule has 0 heterocycles. The molecule has 0 spiro atoms. The zero-order valence-corrected chi connectivity index (χ0v) is 19.9. The van der Waals surface area contributed by atoms with E-state index in [0.717, 1.165) is 34.3 Å². The van der Waals surface area contributed by atoms with E-state index in [9.17, 15) is 4.79 Å². The van der Waals surface area contributed by atoms with Gasteiger partial charge in [0.05, 0.1) is 0 Å². The zero-order chi connectivity index (χ0) is 22.9. The first-order valence-corrected chi connectivity index (χ1v) is 11.4. The van der Waals surface area contributed by atoms with E-state index >= 15 is 0 Å². The van der Waals surface area contributed by atoms with Crippen LogP contribution in [0, 0.1) is 5.41 Å². The van der Waals surface area contributed by atoms with Crippen LogP contribution in [0.5, 0.6) is 0 Å². The van der Waals surface area contributed by atoms with E-state index in [1.54, 1.807) is 0 Å². The molecule has 0 unspecified atom stereocenters. The van der Waals surface area contributed by atoms with E-state index in [1.807, 2.05) is 71.0 Å². The summed E-state index contributed by atoms with van der Waals surface area (Å²) < 4.78 is 0. The van der Waals surface area contributed by atoms with Gasteiger partial charge in [0.1, 0.15) is 0 Å². The Morgan fingerprint density at radius 1 is 0.774 bits per heavy atom. The molecule has 2 aliphatic rings. The summed E-state index contributed by atoms with van der Waals surface area (Å²) in [5.74, 6) is 0.153. The highest BCUT2D eigenvalue weighted by Crippen LogP contribution is 2.25. The monoisotopic (exact) mass is 410 g/mol. The molecular weight excluding hydrogens is 376 g/mol. The topological polar surface area (TPSA) is 17.1 Å². The fourth-order valence-electron chi connectivity index (χ4n) is 3.23. The van der Waals surface area contributed by atoms with Crippen LogP contribution < -0.4 is 0 Å². The van der Waals surface area contributed by atoms with Crippen LogP contribution in [-0.4, -0.2) is 5.78 Å². The Labute approximate surface area is 188 Å². The fraction of sp³-hybridized carbons (Fsp3) is 0.367. The van der Waals surface area contributed by atoms with Gasteiger partial charge in [-0.3, -0.25) is 4.79 Å². The third kappa shape index (κ3) is 6.73. The van der Waals surface area contributed by atoms with Crippen molar-refractivity contribution in [3.63, 3.8) is 0 Å². The molecule has 0 aliphatic heterocycles. The standard InChI is InChI=1S/C28H28O.C2H6/c1-5-6-7-8-21-9-11-22(12-10-21)23-13-15-24(16-14-23)25-17-19-26(20-18-25)27(29)28(2,3)4;1-2/h9,11,13,15,17-20H,5-8H2,1-4H3;1-2H3. The van der Waals surface area contributed by atoms with Gasteiger partial charge in [-0.25, -0.2) is 0 Å². The number of ketones is 1. The predicted molar refractivity (Wildman–Crippen MR) is 132 cm³/mol. The average Bonchev–Trinajstić information content (AvgIpc) is 2.80. The summed E-state index contributed by atoms with van der Waals surface area (Å²) in [6.07, 6.45) is 13.0. The molecule has 160 valence electrons. The molecule has 0 saturated heterocycles. The second kappa shape index (κ2) is 11.4. The summed E-state index contributed by atoms with van der Waals surface area (Å²) in [5, 5.41) is 0. The molecule has 0 aromatic heterocycles. The van der Waals surface area contributed by atoms with Crippen molar-refractivity contribution in [3.05, 3.63) is 99.3 Å². The maximum Gasteiger partial charge on any atom is 0.168 e. The van der Waals surface area contributed by atoms with Crippen LogP contribution in [-0.2, 0) is 0 Å². The van der Waals surface area contributed by atoms with Gasteiger partial charge in [0.25, 0.3) is 0 Å². The molecule has 1 nitrogen and oxygen atoms in total. The zero-order valence-electron chi connectivity index (χ0n) is 19.9. The summed E-state index contributed by atoms with van der Waals surface area (Å²) in [4.78, 5) is 12.4. The lowest BCUT2D eigenvalue weighted by Gasteiger charge is -2.16. The van der Waals surface area contributed by atoms with Crippen molar-refractivity contribution in [1.82, 2.24) is 0 Å². The van der Waals surface area contributed by atoms with Gasteiger partial charge in [-0.15, -0.1) is 0 Å². The number of carbonyl (C=O) groups is 1. The van der Waals surface area contributed by atoms with Gasteiger partial charge < -0.3 is 0 Å². The maximum absolute atomic E-state index is 12.4. The number of hydrogen-bond donors (Lipinski definition) is 0. The lowest BCUT2D eigenvalue weighted by Crippen LogP contribution is -2.20. The third-order valence-corrected chi connectivity index (χ3v) is 5.04. The number of benzene rings is 1. The predicted octanol–water partition coefficient (Wildman–Crippen LogP) is 8.33. The number of carbonyl (C=O) groups excluding carboxylic acids is 1. The Morgan fingerprint density at radius 3 is 1.81 bits per heavy atom. The number of unbranched alkanes of at least 4 members (excludes halogenated alkanes) is 2. The minimum atomic E-state index is -0.373. The first-order valence-electron chi connectivity index (χ1n) is 11.4. The van der Waals surface area contributed by atoms with Crippen molar-refractivity contribution >= 4 is 11.4 Å². The van der Waals surface area contributed by atoms with Crippen LogP contribution in [0.25, 0.3) is 5.57 Å². The van der Waals surface area contributed by atoms with E-state index in [2.05, 4.69) is 42.0 Å². The largest absolute Gasteiger partial charge is 0.294 e. The van der Waals surface area contributed by atoms with Gasteiger partial charge >= 0.3 is 0 Å². The van der Waals surface area contributed by atoms with Gasteiger partial charge in [0.2, 0.25) is 0 Å². The quantitative estimate of drug-likeness (QED) is 0.251. The third-order valence-electron chi connectivity index (χ3n) is 5.04. The van der Waals surface area contributed by atoms with Crippen molar-refractivity contribution in [2.45, 2.75) is 67.2 Å². The van der Waals surface area contributed by atoms with E-state index in [1.165, 1.54) is 24.8 Å². The molecular formula is C30H34O. The molecule has 0 amide bonds. The van der Waals surface area contributed by atoms with Gasteiger partial charge in [0, 0.05) is 33.3 Å². The molecule has 31 heavy (non-hydrogen) atoms. The highest BCUT2D eigenvalue weighted by atomic mass is 16.1. The smallest absolute Gasteiger partial charge is 0.168 e. The normalized spacial score (nSPS) is 14.3. The Kier molecular flexibility index (Phi) is 8.90. The molecule has 0 fully saturated rings. The van der Waals surface area contributed by atoms with Crippen molar-refractivity contribution in [2.24, 2.45) is 5.41 Å². The lowest BCUT2D eigenvalue weighted by molar-refractivity contribution is 0.0858. The first-order chi connectivity index (χ1) is 14.9. The summed E-state index contributed by atoms with van der Waals surface area (Å²) in [6, 6.07) is 7.74. The van der Waals surface area contributed by atoms with Crippen molar-refractivity contribution in [1.29, 1.82) is 0 Å². The molecule has 1 aromatic rings. The van der Waals surface area contributed by atoms with Crippen LogP contribution in [0.2, 0.25) is 0 Å². The van der Waals surface area contributed by atoms with Crippen LogP contribution in [0.15, 0.2) is 88.2 Å². The number of allylic oxidation sites excluding steroid dienone is 8. The number of hydrogen-bond acceptors (Lipinski definition) is 1. The molecule has 0 atom stereocenters. The van der Waals surface area contributed by atoms with Crippen LogP contribution >= 0.6 is 0 Å². The Balaban J connectivity index is 0.00000166. The van der Waals surface area contributed by atoms with Crippen molar-refractivity contribution in [3.8, 4) is 0 Å². The number of Topliss-reactive ketones (excluding diaryl/α,β-unsaturated/α-hetero) is 1. The lowest BCUT2D eigenvalue weighted by atomic mass is 9.86. The summed E-state index contributed by atoms with van der Waals surface area (Å²) >= 11 is 0. The van der Waals surface area contributed by atoms with Gasteiger partial charge in [-0.1, -0.05) is 102 Å². The Hall–Kier alpha value is -3.03. The van der Waals surface area contributed by atoms with E-state index < -0.39 is 0 Å². The van der Waals surface area contributed by atoms with E-state index in [-0.39, 0.29) is 11.2 Å². The van der Waals surface area contributed by atoms with Gasteiger partial charge in [-0.05, 0) is 42.7 Å². The molecule has 3 rings (SSSR count). The van der Waals surface area contributed by atoms with Crippen molar-refractivity contribution in [2.75, 3.05) is 0 Å². The molecule has 0 saturated carbocycles. The molecule has 0 radical (unpaired) electrons. The fourth-order valence-corrected chi connectivity index (χ4v) is 3.23. The number of rotatable bonds is 7. The van der Waals surface area contributed by atoms with Gasteiger partial charge in [-0.2, -0.15) is 0 Å². The highest BCUT2D eigenvalue weighted by Gasteiger charge is 2.22. The minimum Gasteiger partial charge on any atom is -0.294 e. The van der Waals surface area contributed by atoms with Crippen LogP contribution in [0.1, 0.15) is 83.1 Å². The van der Waals surface area contributed by atoms with Crippen LogP contribution in [0.4, 0.5) is 0 Å².